The largest absolute Gasteiger partial charge is 0.505 e. The van der Waals surface area contributed by atoms with Crippen molar-refractivity contribution in [1.29, 1.82) is 0 Å². The number of aromatic nitrogens is 2. The molecule has 0 saturated carbocycles. The Hall–Kier alpha value is -1.58. The average molecular weight is 150 g/mol. The molecule has 11 heavy (non-hydrogen) atoms. The molecule has 1 N–H and O–H groups in total. The number of phenols is 1. The van der Waals surface area contributed by atoms with Gasteiger partial charge in [0.15, 0.2) is 5.52 Å². The zero-order valence-corrected chi connectivity index (χ0v) is 5.90. The fourth-order valence-corrected chi connectivity index (χ4v) is 0.977. The lowest BCUT2D eigenvalue weighted by Gasteiger charge is -1.92. The molecule has 4 heteroatoms. The van der Waals surface area contributed by atoms with Gasteiger partial charge >= 0.3 is 0 Å². The van der Waals surface area contributed by atoms with Gasteiger partial charge in [0.25, 0.3) is 0 Å². The Morgan fingerprint density at radius 1 is 1.27 bits per heavy atom. The van der Waals surface area contributed by atoms with Gasteiger partial charge in [-0.3, -0.25) is 0 Å². The summed E-state index contributed by atoms with van der Waals surface area (Å²) in [6.07, 6.45) is 0. The molecule has 2 rings (SSSR count). The van der Waals surface area contributed by atoms with Gasteiger partial charge in [0, 0.05) is 0 Å². The second kappa shape index (κ2) is 1.95. The first-order valence-corrected chi connectivity index (χ1v) is 3.20. The summed E-state index contributed by atoms with van der Waals surface area (Å²) in [6, 6.07) is 3.34. The van der Waals surface area contributed by atoms with Crippen molar-refractivity contribution in [2.75, 3.05) is 0 Å². The van der Waals surface area contributed by atoms with Crippen LogP contribution in [0, 0.1) is 6.92 Å². The predicted molar refractivity (Wildman–Crippen MR) is 38.2 cm³/mol. The number of benzene rings is 1. The highest BCUT2D eigenvalue weighted by Gasteiger charge is 2.06. The number of rotatable bonds is 0. The van der Waals surface area contributed by atoms with Gasteiger partial charge < -0.3 is 5.11 Å². The quantitative estimate of drug-likeness (QED) is 0.613. The maximum absolute atomic E-state index is 9.22. The highest BCUT2D eigenvalue weighted by Crippen LogP contribution is 2.23. The maximum Gasteiger partial charge on any atom is 0.177 e. The lowest BCUT2D eigenvalue weighted by atomic mass is 10.2. The summed E-state index contributed by atoms with van der Waals surface area (Å²) in [5.41, 5.74) is 1.98. The Balaban J connectivity index is 2.96. The van der Waals surface area contributed by atoms with E-state index in [1.807, 2.05) is 6.92 Å². The van der Waals surface area contributed by atoms with E-state index in [1.165, 1.54) is 0 Å². The molecule has 0 bridgehead atoms. The van der Waals surface area contributed by atoms with Crippen molar-refractivity contribution in [2.45, 2.75) is 6.92 Å². The van der Waals surface area contributed by atoms with Crippen LogP contribution in [0.4, 0.5) is 0 Å². The Morgan fingerprint density at radius 3 is 2.73 bits per heavy atom. The molecule has 4 nitrogen and oxygen atoms in total. The van der Waals surface area contributed by atoms with Crippen LogP contribution >= 0.6 is 0 Å². The SMILES string of the molecule is Cc1ccc(O)c2nonc12. The smallest absolute Gasteiger partial charge is 0.177 e. The fourth-order valence-electron chi connectivity index (χ4n) is 0.977. The molecule has 56 valence electrons. The fraction of sp³-hybridized carbons (Fsp3) is 0.143. The molecule has 2 aromatic rings. The van der Waals surface area contributed by atoms with Crippen molar-refractivity contribution in [2.24, 2.45) is 0 Å². The molecule has 0 unspecified atom stereocenters. The van der Waals surface area contributed by atoms with Crippen LogP contribution in [0.3, 0.4) is 0 Å². The first-order chi connectivity index (χ1) is 5.29. The minimum atomic E-state index is 0.104. The molecule has 0 amide bonds. The van der Waals surface area contributed by atoms with Gasteiger partial charge in [-0.15, -0.1) is 0 Å². The molecular formula is C7H6N2O2. The zero-order valence-electron chi connectivity index (χ0n) is 5.90. The third-order valence-corrected chi connectivity index (χ3v) is 1.60. The van der Waals surface area contributed by atoms with Gasteiger partial charge in [0.2, 0.25) is 0 Å². The standard InChI is InChI=1S/C7H6N2O2/c1-4-2-3-5(10)7-6(4)8-11-9-7/h2-3,10H,1H3. The first-order valence-electron chi connectivity index (χ1n) is 3.20. The van der Waals surface area contributed by atoms with Crippen LogP contribution in [0.1, 0.15) is 5.56 Å². The third-order valence-electron chi connectivity index (χ3n) is 1.60. The van der Waals surface area contributed by atoms with Crippen LogP contribution in [0.25, 0.3) is 11.0 Å². The van der Waals surface area contributed by atoms with E-state index in [0.717, 1.165) is 5.56 Å². The second-order valence-electron chi connectivity index (χ2n) is 2.36. The van der Waals surface area contributed by atoms with Crippen LogP contribution in [0.5, 0.6) is 5.75 Å². The van der Waals surface area contributed by atoms with Gasteiger partial charge in [0.05, 0.1) is 0 Å². The van der Waals surface area contributed by atoms with E-state index >= 15 is 0 Å². The number of hydrogen-bond acceptors (Lipinski definition) is 4. The lowest BCUT2D eigenvalue weighted by Crippen LogP contribution is -1.76. The number of phenolic OH excluding ortho intramolecular Hbond substituents is 1. The molecule has 0 aliphatic carbocycles. The number of hydrogen-bond donors (Lipinski definition) is 1. The monoisotopic (exact) mass is 150 g/mol. The zero-order chi connectivity index (χ0) is 7.84. The van der Waals surface area contributed by atoms with Crippen molar-refractivity contribution in [1.82, 2.24) is 10.3 Å². The van der Waals surface area contributed by atoms with Crippen molar-refractivity contribution in [3.05, 3.63) is 17.7 Å². The molecule has 0 aliphatic rings. The molecule has 1 aromatic heterocycles. The Kier molecular flexibility index (Phi) is 1.09. The van der Waals surface area contributed by atoms with Crippen LogP contribution in [-0.2, 0) is 0 Å². The summed E-state index contributed by atoms with van der Waals surface area (Å²) in [5.74, 6) is 0.104. The van der Waals surface area contributed by atoms with E-state index in [2.05, 4.69) is 14.9 Å². The van der Waals surface area contributed by atoms with Crippen LogP contribution < -0.4 is 0 Å². The molecule has 0 fully saturated rings. The number of nitrogens with zero attached hydrogens (tertiary/aromatic N) is 2. The number of aromatic hydroxyl groups is 1. The normalized spacial score (nSPS) is 10.6. The Labute approximate surface area is 62.4 Å². The van der Waals surface area contributed by atoms with Crippen molar-refractivity contribution >= 4 is 11.0 Å². The molecule has 0 saturated heterocycles. The van der Waals surface area contributed by atoms with E-state index in [-0.39, 0.29) is 5.75 Å². The molecule has 0 aliphatic heterocycles. The Morgan fingerprint density at radius 2 is 2.00 bits per heavy atom. The highest BCUT2D eigenvalue weighted by atomic mass is 16.6. The van der Waals surface area contributed by atoms with Crippen LogP contribution in [0.15, 0.2) is 16.8 Å². The van der Waals surface area contributed by atoms with Crippen molar-refractivity contribution in [3.8, 4) is 5.75 Å². The molecule has 0 spiro atoms. The molecule has 0 radical (unpaired) electrons. The van der Waals surface area contributed by atoms with E-state index in [9.17, 15) is 5.11 Å². The highest BCUT2D eigenvalue weighted by molar-refractivity contribution is 5.82. The van der Waals surface area contributed by atoms with E-state index in [4.69, 9.17) is 0 Å². The summed E-state index contributed by atoms with van der Waals surface area (Å²) in [7, 11) is 0. The van der Waals surface area contributed by atoms with Gasteiger partial charge in [-0.1, -0.05) is 6.07 Å². The van der Waals surface area contributed by atoms with Crippen molar-refractivity contribution in [3.63, 3.8) is 0 Å². The second-order valence-corrected chi connectivity index (χ2v) is 2.36. The first kappa shape index (κ1) is 6.15. The molecule has 1 aromatic carbocycles. The van der Waals surface area contributed by atoms with Gasteiger partial charge in [-0.05, 0) is 28.9 Å². The van der Waals surface area contributed by atoms with Crippen LogP contribution in [-0.4, -0.2) is 15.4 Å². The van der Waals surface area contributed by atoms with Crippen LogP contribution in [0.2, 0.25) is 0 Å². The van der Waals surface area contributed by atoms with Gasteiger partial charge in [-0.2, -0.15) is 0 Å². The summed E-state index contributed by atoms with van der Waals surface area (Å²) in [5, 5.41) is 16.4. The lowest BCUT2D eigenvalue weighted by molar-refractivity contribution is 0.314. The van der Waals surface area contributed by atoms with E-state index in [1.54, 1.807) is 12.1 Å². The minimum Gasteiger partial charge on any atom is -0.505 e. The van der Waals surface area contributed by atoms with E-state index < -0.39 is 0 Å². The number of fused-ring (bicyclic) bond motifs is 1. The molecule has 0 atom stereocenters. The summed E-state index contributed by atoms with van der Waals surface area (Å²) in [4.78, 5) is 0. The minimum absolute atomic E-state index is 0.104. The third kappa shape index (κ3) is 0.756. The van der Waals surface area contributed by atoms with E-state index in [0.29, 0.717) is 11.0 Å². The maximum atomic E-state index is 9.22. The summed E-state index contributed by atoms with van der Waals surface area (Å²) < 4.78 is 4.47. The number of aryl methyl sites for hydroxylation is 1. The predicted octanol–water partition coefficient (Wildman–Crippen LogP) is 1.24. The molecule has 1 heterocycles. The Bertz CT molecular complexity index is 358. The average Bonchev–Trinajstić information content (AvgIpc) is 2.45. The topological polar surface area (TPSA) is 59.2 Å². The van der Waals surface area contributed by atoms with Gasteiger partial charge in [-0.25, -0.2) is 4.63 Å². The van der Waals surface area contributed by atoms with Gasteiger partial charge in [0.1, 0.15) is 11.3 Å². The summed E-state index contributed by atoms with van der Waals surface area (Å²) in [6.45, 7) is 1.88. The summed E-state index contributed by atoms with van der Waals surface area (Å²) >= 11 is 0. The molecular weight excluding hydrogens is 144 g/mol. The van der Waals surface area contributed by atoms with Crippen molar-refractivity contribution < 1.29 is 9.74 Å².